The average Bonchev–Trinajstić information content (AvgIpc) is 2.98. The van der Waals surface area contributed by atoms with Crippen molar-refractivity contribution in [3.63, 3.8) is 0 Å². The Labute approximate surface area is 169 Å². The van der Waals surface area contributed by atoms with Crippen LogP contribution in [0.1, 0.15) is 24.0 Å². The minimum Gasteiger partial charge on any atom is -0.497 e. The van der Waals surface area contributed by atoms with Crippen molar-refractivity contribution in [1.29, 1.82) is 5.26 Å². The number of piperidine rings is 1. The minimum absolute atomic E-state index is 0.105. The summed E-state index contributed by atoms with van der Waals surface area (Å²) < 4.78 is 8.90. The lowest BCUT2D eigenvalue weighted by atomic mass is 10.1. The monoisotopic (exact) mass is 391 g/mol. The molecule has 2 aromatic carbocycles. The summed E-state index contributed by atoms with van der Waals surface area (Å²) in [5.41, 5.74) is 10.1. The largest absolute Gasteiger partial charge is 0.497 e. The number of fused-ring (bicyclic) bond motifs is 1. The fourth-order valence-electron chi connectivity index (χ4n) is 4.16. The molecule has 1 saturated heterocycles. The van der Waals surface area contributed by atoms with Gasteiger partial charge in [0.2, 0.25) is 0 Å². The van der Waals surface area contributed by atoms with E-state index < -0.39 is 0 Å². The van der Waals surface area contributed by atoms with Crippen LogP contribution in [-0.4, -0.2) is 35.4 Å². The molecule has 1 fully saturated rings. The van der Waals surface area contributed by atoms with E-state index in [2.05, 4.69) is 11.0 Å². The van der Waals surface area contributed by atoms with Crippen molar-refractivity contribution < 1.29 is 4.74 Å². The minimum atomic E-state index is -0.122. The number of ether oxygens (including phenoxy) is 1. The Kier molecular flexibility index (Phi) is 5.03. The first kappa shape index (κ1) is 19.1. The summed E-state index contributed by atoms with van der Waals surface area (Å²) >= 11 is 0. The van der Waals surface area contributed by atoms with Gasteiger partial charge < -0.3 is 15.4 Å². The zero-order chi connectivity index (χ0) is 20.5. The molecule has 7 nitrogen and oxygen atoms in total. The number of hydrogen-bond acceptors (Lipinski definition) is 5. The van der Waals surface area contributed by atoms with E-state index in [1.54, 1.807) is 29.4 Å². The van der Waals surface area contributed by atoms with Crippen molar-refractivity contribution >= 4 is 16.7 Å². The van der Waals surface area contributed by atoms with Crippen LogP contribution in [0.5, 0.6) is 5.75 Å². The Morgan fingerprint density at radius 2 is 2.10 bits per heavy atom. The van der Waals surface area contributed by atoms with Crippen LogP contribution in [0.2, 0.25) is 0 Å². The number of nitrogens with two attached hydrogens (primary N) is 1. The zero-order valence-corrected chi connectivity index (χ0v) is 16.8. The zero-order valence-electron chi connectivity index (χ0n) is 16.8. The van der Waals surface area contributed by atoms with Crippen LogP contribution in [0.3, 0.4) is 0 Å². The molecule has 4 rings (SSSR count). The van der Waals surface area contributed by atoms with E-state index in [0.717, 1.165) is 48.2 Å². The highest BCUT2D eigenvalue weighted by Crippen LogP contribution is 2.33. The molecule has 7 heteroatoms. The molecule has 0 unspecified atom stereocenters. The topological polar surface area (TPSA) is 89.2 Å². The SMILES string of the molecule is COc1cc(N2CCC[C@@H](N)C2)c2c(c1)n(C)c(=O)n2Cc1ccccc1C#N. The van der Waals surface area contributed by atoms with E-state index in [1.807, 2.05) is 30.3 Å². The Hall–Kier alpha value is -3.24. The van der Waals surface area contributed by atoms with Crippen LogP contribution in [-0.2, 0) is 13.6 Å². The molecule has 0 bridgehead atoms. The molecule has 3 aromatic rings. The summed E-state index contributed by atoms with van der Waals surface area (Å²) in [6.45, 7) is 1.95. The fraction of sp³-hybridized carbons (Fsp3) is 0.364. The molecule has 0 amide bonds. The molecule has 0 spiro atoms. The summed E-state index contributed by atoms with van der Waals surface area (Å²) in [5, 5.41) is 9.46. The van der Waals surface area contributed by atoms with Gasteiger partial charge in [0.1, 0.15) is 5.75 Å². The van der Waals surface area contributed by atoms with E-state index in [9.17, 15) is 10.1 Å². The molecule has 150 valence electrons. The van der Waals surface area contributed by atoms with Gasteiger partial charge in [0, 0.05) is 38.3 Å². The van der Waals surface area contributed by atoms with E-state index in [0.29, 0.717) is 17.9 Å². The van der Waals surface area contributed by atoms with Gasteiger partial charge in [0.15, 0.2) is 0 Å². The van der Waals surface area contributed by atoms with Gasteiger partial charge in [-0.3, -0.25) is 9.13 Å². The number of imidazole rings is 1. The van der Waals surface area contributed by atoms with Gasteiger partial charge in [-0.1, -0.05) is 18.2 Å². The second-order valence-corrected chi connectivity index (χ2v) is 7.56. The second kappa shape index (κ2) is 7.64. The molecule has 2 N–H and O–H groups in total. The van der Waals surface area contributed by atoms with Crippen LogP contribution >= 0.6 is 0 Å². The number of aromatic nitrogens is 2. The molecule has 1 atom stereocenters. The number of aryl methyl sites for hydroxylation is 1. The first-order valence-electron chi connectivity index (χ1n) is 9.79. The molecular weight excluding hydrogens is 366 g/mol. The maximum absolute atomic E-state index is 13.2. The van der Waals surface area contributed by atoms with Crippen molar-refractivity contribution in [2.24, 2.45) is 12.8 Å². The van der Waals surface area contributed by atoms with Crippen molar-refractivity contribution in [1.82, 2.24) is 9.13 Å². The molecule has 1 aliphatic rings. The Bertz CT molecular complexity index is 1150. The summed E-state index contributed by atoms with van der Waals surface area (Å²) in [5.74, 6) is 0.705. The first-order valence-corrected chi connectivity index (χ1v) is 9.79. The highest BCUT2D eigenvalue weighted by Gasteiger charge is 2.24. The Balaban J connectivity index is 1.94. The third-order valence-electron chi connectivity index (χ3n) is 5.69. The third kappa shape index (κ3) is 3.36. The molecule has 1 aliphatic heterocycles. The predicted molar refractivity (Wildman–Crippen MR) is 113 cm³/mol. The highest BCUT2D eigenvalue weighted by atomic mass is 16.5. The standard InChI is InChI=1S/C22H25N5O2/c1-25-19-10-18(29-2)11-20(26-9-5-8-17(24)14-26)21(19)27(22(25)28)13-16-7-4-3-6-15(16)12-23/h3-4,6-7,10-11,17H,5,8-9,13-14,24H2,1-2H3/t17-/m1/s1. The lowest BCUT2D eigenvalue weighted by Crippen LogP contribution is -2.43. The lowest BCUT2D eigenvalue weighted by Gasteiger charge is -2.33. The number of nitriles is 1. The number of methoxy groups -OCH3 is 1. The van der Waals surface area contributed by atoms with Crippen molar-refractivity contribution in [3.05, 3.63) is 58.0 Å². The quantitative estimate of drug-likeness (QED) is 0.736. The van der Waals surface area contributed by atoms with E-state index >= 15 is 0 Å². The maximum Gasteiger partial charge on any atom is 0.329 e. The third-order valence-corrected chi connectivity index (χ3v) is 5.69. The number of nitrogens with zero attached hydrogens (tertiary/aromatic N) is 4. The molecule has 0 aliphatic carbocycles. The van der Waals surface area contributed by atoms with E-state index in [1.165, 1.54) is 0 Å². The van der Waals surface area contributed by atoms with Crippen molar-refractivity contribution in [2.75, 3.05) is 25.1 Å². The highest BCUT2D eigenvalue weighted by molar-refractivity contribution is 5.91. The number of rotatable bonds is 4. The Morgan fingerprint density at radius 1 is 1.31 bits per heavy atom. The number of anilines is 1. The normalized spacial score (nSPS) is 16.8. The second-order valence-electron chi connectivity index (χ2n) is 7.56. The number of benzene rings is 2. The molecule has 0 saturated carbocycles. The van der Waals surface area contributed by atoms with Gasteiger partial charge in [-0.2, -0.15) is 5.26 Å². The first-order chi connectivity index (χ1) is 14.0. The number of hydrogen-bond donors (Lipinski definition) is 1. The van der Waals surface area contributed by atoms with Gasteiger partial charge >= 0.3 is 5.69 Å². The van der Waals surface area contributed by atoms with Crippen LogP contribution in [0, 0.1) is 11.3 Å². The molecular formula is C22H25N5O2. The van der Waals surface area contributed by atoms with Gasteiger partial charge in [-0.05, 0) is 24.5 Å². The molecule has 1 aromatic heterocycles. The van der Waals surface area contributed by atoms with E-state index in [-0.39, 0.29) is 11.7 Å². The van der Waals surface area contributed by atoms with Gasteiger partial charge in [0.05, 0.1) is 42.0 Å². The summed E-state index contributed by atoms with van der Waals surface area (Å²) in [6.07, 6.45) is 2.01. The molecule has 2 heterocycles. The lowest BCUT2D eigenvalue weighted by molar-refractivity contribution is 0.415. The van der Waals surface area contributed by atoms with Crippen LogP contribution < -0.4 is 21.1 Å². The predicted octanol–water partition coefficient (Wildman–Crippen LogP) is 2.20. The van der Waals surface area contributed by atoms with Crippen molar-refractivity contribution in [2.45, 2.75) is 25.4 Å². The van der Waals surface area contributed by atoms with Crippen LogP contribution in [0.25, 0.3) is 11.0 Å². The van der Waals surface area contributed by atoms with Gasteiger partial charge in [0.25, 0.3) is 0 Å². The van der Waals surface area contributed by atoms with Gasteiger partial charge in [-0.25, -0.2) is 4.79 Å². The van der Waals surface area contributed by atoms with Crippen LogP contribution in [0.4, 0.5) is 5.69 Å². The van der Waals surface area contributed by atoms with Crippen molar-refractivity contribution in [3.8, 4) is 11.8 Å². The average molecular weight is 391 g/mol. The van der Waals surface area contributed by atoms with E-state index in [4.69, 9.17) is 10.5 Å². The maximum atomic E-state index is 13.2. The summed E-state index contributed by atoms with van der Waals surface area (Å²) in [6, 6.07) is 13.6. The molecule has 0 radical (unpaired) electrons. The fourth-order valence-corrected chi connectivity index (χ4v) is 4.16. The van der Waals surface area contributed by atoms with Crippen LogP contribution in [0.15, 0.2) is 41.2 Å². The van der Waals surface area contributed by atoms with Gasteiger partial charge in [-0.15, -0.1) is 0 Å². The molecule has 29 heavy (non-hydrogen) atoms. The summed E-state index contributed by atoms with van der Waals surface area (Å²) in [7, 11) is 3.40. The Morgan fingerprint density at radius 3 is 2.83 bits per heavy atom. The smallest absolute Gasteiger partial charge is 0.329 e. The summed E-state index contributed by atoms with van der Waals surface area (Å²) in [4.78, 5) is 15.4.